The Bertz CT molecular complexity index is 1130. The van der Waals surface area contributed by atoms with Crippen LogP contribution in [0.1, 0.15) is 0 Å². The number of nitrogens with zero attached hydrogens (tertiary/aromatic N) is 5. The molecule has 0 unspecified atom stereocenters. The van der Waals surface area contributed by atoms with Crippen LogP contribution in [0.5, 0.6) is 0 Å². The zero-order valence-corrected chi connectivity index (χ0v) is 23.4. The second-order valence-corrected chi connectivity index (χ2v) is 10.2. The highest BCUT2D eigenvalue weighted by Gasteiger charge is 2.24. The van der Waals surface area contributed by atoms with Gasteiger partial charge in [0.05, 0.1) is 19.6 Å². The number of likely N-dealkylation sites (N-methyl/N-ethyl adjacent to an activating group) is 1. The molecule has 12 nitrogen and oxygen atoms in total. The molecule has 41 heavy (non-hydrogen) atoms. The van der Waals surface area contributed by atoms with Crippen LogP contribution in [-0.4, -0.2) is 144 Å². The van der Waals surface area contributed by atoms with Crippen molar-refractivity contribution in [3.8, 4) is 11.1 Å². The molecule has 0 spiro atoms. The Kier molecular flexibility index (Phi) is 12.2. The quantitative estimate of drug-likeness (QED) is 0.373. The van der Waals surface area contributed by atoms with Gasteiger partial charge in [0.2, 0.25) is 5.91 Å². The predicted octanol–water partition coefficient (Wildman–Crippen LogP) is 0.792. The second-order valence-electron chi connectivity index (χ2n) is 10.2. The number of benzene rings is 2. The van der Waals surface area contributed by atoms with Crippen molar-refractivity contribution < 1.29 is 34.5 Å². The predicted molar refractivity (Wildman–Crippen MR) is 154 cm³/mol. The van der Waals surface area contributed by atoms with Crippen LogP contribution in [0.15, 0.2) is 54.6 Å². The first kappa shape index (κ1) is 31.7. The first-order valence-electron chi connectivity index (χ1n) is 13.6. The summed E-state index contributed by atoms with van der Waals surface area (Å²) in [6.07, 6.45) is 0. The lowest BCUT2D eigenvalue weighted by Gasteiger charge is -2.33. The molecule has 2 aromatic rings. The lowest BCUT2D eigenvalue weighted by molar-refractivity contribution is -0.139. The number of carbonyl (C=O) groups excluding carboxylic acids is 1. The van der Waals surface area contributed by atoms with Gasteiger partial charge in [-0.1, -0.05) is 42.5 Å². The van der Waals surface area contributed by atoms with Crippen molar-refractivity contribution in [1.82, 2.24) is 19.6 Å². The van der Waals surface area contributed by atoms with Crippen molar-refractivity contribution >= 4 is 29.5 Å². The monoisotopic (exact) mass is 569 g/mol. The molecule has 0 atom stereocenters. The number of carboxylic acids is 3. The van der Waals surface area contributed by atoms with E-state index >= 15 is 0 Å². The van der Waals surface area contributed by atoms with Gasteiger partial charge in [-0.05, 0) is 30.3 Å². The van der Waals surface area contributed by atoms with Gasteiger partial charge < -0.3 is 25.1 Å². The molecule has 1 saturated heterocycles. The lowest BCUT2D eigenvalue weighted by Crippen LogP contribution is -2.49. The third-order valence-corrected chi connectivity index (χ3v) is 7.02. The smallest absolute Gasteiger partial charge is 0.323 e. The Morgan fingerprint density at radius 1 is 0.610 bits per heavy atom. The van der Waals surface area contributed by atoms with Crippen LogP contribution in [-0.2, 0) is 19.2 Å². The summed E-state index contributed by atoms with van der Waals surface area (Å²) in [7, 11) is 1.91. The summed E-state index contributed by atoms with van der Waals surface area (Å²) in [5, 5.41) is 28.3. The van der Waals surface area contributed by atoms with Crippen molar-refractivity contribution in [1.29, 1.82) is 0 Å². The number of aliphatic carboxylic acids is 3. The number of carboxylic acid groups (broad SMARTS) is 3. The Morgan fingerprint density at radius 3 is 1.51 bits per heavy atom. The molecule has 12 heteroatoms. The maximum absolute atomic E-state index is 13.5. The Hall–Kier alpha value is -3.84. The number of hydrogen-bond donors (Lipinski definition) is 3. The van der Waals surface area contributed by atoms with E-state index in [1.807, 2.05) is 69.1 Å². The SMILES string of the molecule is CN1CCN(CC(=O)O)CCN(CC(=O)N(CC(=O)O)c2ccc(-c3ccccc3)cc2)CCN(CC(=O)O)CC1. The van der Waals surface area contributed by atoms with Crippen molar-refractivity contribution in [3.63, 3.8) is 0 Å². The summed E-state index contributed by atoms with van der Waals surface area (Å²) in [5.41, 5.74) is 2.38. The average Bonchev–Trinajstić information content (AvgIpc) is 2.93. The Labute approximate surface area is 240 Å². The van der Waals surface area contributed by atoms with Crippen LogP contribution in [0.2, 0.25) is 0 Å². The summed E-state index contributed by atoms with van der Waals surface area (Å²) in [6, 6.07) is 16.8. The molecule has 0 bridgehead atoms. The molecule has 222 valence electrons. The van der Waals surface area contributed by atoms with Gasteiger partial charge in [-0.3, -0.25) is 33.9 Å². The topological polar surface area (TPSA) is 145 Å². The molecule has 1 fully saturated rings. The zero-order chi connectivity index (χ0) is 29.8. The van der Waals surface area contributed by atoms with E-state index in [-0.39, 0.29) is 19.6 Å². The average molecular weight is 570 g/mol. The van der Waals surface area contributed by atoms with Gasteiger partial charge in [-0.25, -0.2) is 0 Å². The molecule has 1 aliphatic rings. The summed E-state index contributed by atoms with van der Waals surface area (Å²) in [5.74, 6) is -3.45. The summed E-state index contributed by atoms with van der Waals surface area (Å²) in [6.45, 7) is 2.82. The maximum atomic E-state index is 13.5. The van der Waals surface area contributed by atoms with Gasteiger partial charge in [0.15, 0.2) is 0 Å². The Balaban J connectivity index is 1.79. The first-order valence-corrected chi connectivity index (χ1v) is 13.6. The highest BCUT2D eigenvalue weighted by molar-refractivity contribution is 5.98. The zero-order valence-electron chi connectivity index (χ0n) is 23.4. The third-order valence-electron chi connectivity index (χ3n) is 7.02. The summed E-state index contributed by atoms with van der Waals surface area (Å²) >= 11 is 0. The van der Waals surface area contributed by atoms with E-state index in [1.54, 1.807) is 12.1 Å². The van der Waals surface area contributed by atoms with Crippen LogP contribution in [0.3, 0.4) is 0 Å². The molecule has 1 aliphatic heterocycles. The summed E-state index contributed by atoms with van der Waals surface area (Å²) in [4.78, 5) is 56.9. The number of hydrogen-bond acceptors (Lipinski definition) is 8. The maximum Gasteiger partial charge on any atom is 0.323 e. The van der Waals surface area contributed by atoms with Crippen molar-refractivity contribution in [2.24, 2.45) is 0 Å². The van der Waals surface area contributed by atoms with E-state index in [2.05, 4.69) is 0 Å². The van der Waals surface area contributed by atoms with E-state index in [9.17, 15) is 34.5 Å². The number of amides is 1. The highest BCUT2D eigenvalue weighted by Crippen LogP contribution is 2.23. The molecule has 0 aliphatic carbocycles. The standard InChI is InChI=1S/C29H39N5O7/c1-30-11-13-32(20-27(36)37)17-15-31(16-18-33(14-12-30)21-28(38)39)19-26(35)34(22-29(40)41)25-9-7-24(8-10-25)23-5-3-2-4-6-23/h2-10H,11-22H2,1H3,(H,36,37)(H,38,39)(H,40,41). The molecule has 0 saturated carbocycles. The number of carbonyl (C=O) groups is 4. The molecular formula is C29H39N5O7. The normalized spacial score (nSPS) is 16.8. The van der Waals surface area contributed by atoms with E-state index in [0.29, 0.717) is 58.0 Å². The van der Waals surface area contributed by atoms with E-state index in [4.69, 9.17) is 0 Å². The minimum absolute atomic E-state index is 0.102. The molecular weight excluding hydrogens is 530 g/mol. The van der Waals surface area contributed by atoms with Crippen LogP contribution in [0, 0.1) is 0 Å². The highest BCUT2D eigenvalue weighted by atomic mass is 16.4. The molecule has 3 N–H and O–H groups in total. The van der Waals surface area contributed by atoms with Gasteiger partial charge >= 0.3 is 17.9 Å². The van der Waals surface area contributed by atoms with Gasteiger partial charge in [-0.15, -0.1) is 0 Å². The van der Waals surface area contributed by atoms with Gasteiger partial charge in [-0.2, -0.15) is 0 Å². The molecule has 1 amide bonds. The van der Waals surface area contributed by atoms with Gasteiger partial charge in [0.1, 0.15) is 6.54 Å². The molecule has 2 aromatic carbocycles. The lowest BCUT2D eigenvalue weighted by atomic mass is 10.1. The van der Waals surface area contributed by atoms with Crippen LogP contribution >= 0.6 is 0 Å². The molecule has 0 aromatic heterocycles. The fourth-order valence-corrected chi connectivity index (χ4v) is 4.69. The van der Waals surface area contributed by atoms with Crippen molar-refractivity contribution in [2.75, 3.05) is 90.5 Å². The minimum atomic E-state index is -1.15. The fourth-order valence-electron chi connectivity index (χ4n) is 4.69. The Morgan fingerprint density at radius 2 is 1.05 bits per heavy atom. The molecule has 0 radical (unpaired) electrons. The van der Waals surface area contributed by atoms with Crippen molar-refractivity contribution in [3.05, 3.63) is 54.6 Å². The van der Waals surface area contributed by atoms with Crippen molar-refractivity contribution in [2.45, 2.75) is 0 Å². The van der Waals surface area contributed by atoms with Gasteiger partial charge in [0.25, 0.3) is 0 Å². The van der Waals surface area contributed by atoms with Crippen LogP contribution < -0.4 is 4.90 Å². The fraction of sp³-hybridized carbons (Fsp3) is 0.448. The van der Waals surface area contributed by atoms with E-state index in [1.165, 1.54) is 4.90 Å². The molecule has 3 rings (SSSR count). The van der Waals surface area contributed by atoms with Crippen LogP contribution in [0.25, 0.3) is 11.1 Å². The minimum Gasteiger partial charge on any atom is -0.480 e. The third kappa shape index (κ3) is 10.9. The number of rotatable bonds is 10. The van der Waals surface area contributed by atoms with E-state index < -0.39 is 30.4 Å². The van der Waals surface area contributed by atoms with Crippen LogP contribution in [0.4, 0.5) is 5.69 Å². The second kappa shape index (κ2) is 15.8. The number of anilines is 1. The molecule has 1 heterocycles. The van der Waals surface area contributed by atoms with E-state index in [0.717, 1.165) is 11.1 Å². The summed E-state index contributed by atoms with van der Waals surface area (Å²) < 4.78 is 0. The largest absolute Gasteiger partial charge is 0.480 e. The van der Waals surface area contributed by atoms with Gasteiger partial charge in [0, 0.05) is 58.0 Å². The first-order chi connectivity index (χ1) is 19.6.